The first-order valence-electron chi connectivity index (χ1n) is 6.52. The molecule has 5 nitrogen and oxygen atoms in total. The fourth-order valence-electron chi connectivity index (χ4n) is 1.74. The summed E-state index contributed by atoms with van der Waals surface area (Å²) in [5.41, 5.74) is 0.784. The Kier molecular flexibility index (Phi) is 5.79. The van der Waals surface area contributed by atoms with Gasteiger partial charge in [0.2, 0.25) is 5.91 Å². The second kappa shape index (κ2) is 7.82. The molecule has 1 aromatic heterocycles. The van der Waals surface area contributed by atoms with E-state index < -0.39 is 0 Å². The van der Waals surface area contributed by atoms with Crippen LogP contribution in [-0.2, 0) is 4.79 Å². The van der Waals surface area contributed by atoms with E-state index >= 15 is 0 Å². The monoisotopic (exact) mass is 398 g/mol. The number of rotatable bonds is 6. The van der Waals surface area contributed by atoms with E-state index in [1.54, 1.807) is 12.1 Å². The van der Waals surface area contributed by atoms with Crippen molar-refractivity contribution in [3.05, 3.63) is 52.0 Å². The number of benzene rings is 1. The van der Waals surface area contributed by atoms with Crippen LogP contribution >= 0.6 is 22.6 Å². The maximum absolute atomic E-state index is 11.8. The van der Waals surface area contributed by atoms with Gasteiger partial charge in [-0.3, -0.25) is 9.59 Å². The van der Waals surface area contributed by atoms with Crippen molar-refractivity contribution >= 4 is 40.1 Å². The van der Waals surface area contributed by atoms with Crippen LogP contribution < -0.4 is 10.6 Å². The molecule has 2 aromatic rings. The molecule has 2 N–H and O–H groups in total. The predicted octanol–water partition coefficient (Wildman–Crippen LogP) is 3.03. The molecule has 110 valence electrons. The third kappa shape index (κ3) is 5.22. The zero-order valence-electron chi connectivity index (χ0n) is 11.3. The van der Waals surface area contributed by atoms with E-state index in [0.717, 1.165) is 9.26 Å². The van der Waals surface area contributed by atoms with E-state index in [1.165, 1.54) is 6.26 Å². The number of carbonyl (C=O) groups excluding carboxylic acids is 2. The molecule has 2 amide bonds. The van der Waals surface area contributed by atoms with Crippen molar-refractivity contribution in [1.29, 1.82) is 0 Å². The lowest BCUT2D eigenvalue weighted by molar-refractivity contribution is -0.116. The molecule has 0 aliphatic rings. The lowest BCUT2D eigenvalue weighted by Gasteiger charge is -2.06. The van der Waals surface area contributed by atoms with Gasteiger partial charge in [-0.2, -0.15) is 0 Å². The molecular formula is C15H15IN2O3. The summed E-state index contributed by atoms with van der Waals surface area (Å²) in [4.78, 5) is 23.3. The average molecular weight is 398 g/mol. The fourth-order valence-corrected chi connectivity index (χ4v) is 2.28. The number of amides is 2. The van der Waals surface area contributed by atoms with Gasteiger partial charge in [-0.1, -0.05) is 6.07 Å². The Balaban J connectivity index is 1.67. The molecule has 2 rings (SSSR count). The fraction of sp³-hybridized carbons (Fsp3) is 0.200. The molecule has 0 atom stereocenters. The topological polar surface area (TPSA) is 71.3 Å². The Hall–Kier alpha value is -1.83. The lowest BCUT2D eigenvalue weighted by atomic mass is 10.2. The molecule has 0 unspecified atom stereocenters. The number of anilines is 1. The number of furan rings is 1. The summed E-state index contributed by atoms with van der Waals surface area (Å²) < 4.78 is 6.04. The number of hydrogen-bond acceptors (Lipinski definition) is 3. The SMILES string of the molecule is O=C(CCCNC(=O)c1ccco1)Nc1cccc(I)c1. The Morgan fingerprint density at radius 2 is 2.05 bits per heavy atom. The summed E-state index contributed by atoms with van der Waals surface area (Å²) in [7, 11) is 0. The first-order chi connectivity index (χ1) is 10.1. The summed E-state index contributed by atoms with van der Waals surface area (Å²) in [5, 5.41) is 5.52. The molecule has 0 fully saturated rings. The van der Waals surface area contributed by atoms with Gasteiger partial charge in [0, 0.05) is 22.2 Å². The first kappa shape index (κ1) is 15.6. The molecule has 0 saturated heterocycles. The van der Waals surface area contributed by atoms with Crippen molar-refractivity contribution in [2.75, 3.05) is 11.9 Å². The minimum Gasteiger partial charge on any atom is -0.459 e. The van der Waals surface area contributed by atoms with Gasteiger partial charge in [0.1, 0.15) is 0 Å². The largest absolute Gasteiger partial charge is 0.459 e. The zero-order valence-corrected chi connectivity index (χ0v) is 13.4. The second-order valence-electron chi connectivity index (χ2n) is 4.40. The Bertz CT molecular complexity index is 611. The van der Waals surface area contributed by atoms with Crippen LogP contribution in [0.5, 0.6) is 0 Å². The summed E-state index contributed by atoms with van der Waals surface area (Å²) >= 11 is 2.19. The third-order valence-corrected chi connectivity index (χ3v) is 3.39. The van der Waals surface area contributed by atoms with E-state index in [1.807, 2.05) is 24.3 Å². The van der Waals surface area contributed by atoms with E-state index in [4.69, 9.17) is 4.42 Å². The van der Waals surface area contributed by atoms with Crippen LogP contribution in [0.4, 0.5) is 5.69 Å². The van der Waals surface area contributed by atoms with Gasteiger partial charge in [0.15, 0.2) is 5.76 Å². The highest BCUT2D eigenvalue weighted by Gasteiger charge is 2.08. The van der Waals surface area contributed by atoms with E-state index in [9.17, 15) is 9.59 Å². The predicted molar refractivity (Wildman–Crippen MR) is 88.1 cm³/mol. The summed E-state index contributed by atoms with van der Waals surface area (Å²) in [6, 6.07) is 10.8. The molecule has 21 heavy (non-hydrogen) atoms. The number of halogens is 1. The van der Waals surface area contributed by atoms with Crippen LogP contribution in [-0.4, -0.2) is 18.4 Å². The smallest absolute Gasteiger partial charge is 0.286 e. The van der Waals surface area contributed by atoms with Gasteiger partial charge in [-0.15, -0.1) is 0 Å². The normalized spacial score (nSPS) is 10.1. The highest BCUT2D eigenvalue weighted by atomic mass is 127. The highest BCUT2D eigenvalue weighted by molar-refractivity contribution is 14.1. The minimum atomic E-state index is -0.266. The highest BCUT2D eigenvalue weighted by Crippen LogP contribution is 2.12. The van der Waals surface area contributed by atoms with Crippen molar-refractivity contribution in [3.8, 4) is 0 Å². The average Bonchev–Trinajstić information content (AvgIpc) is 2.97. The molecule has 0 bridgehead atoms. The molecule has 0 aliphatic carbocycles. The molecule has 0 radical (unpaired) electrons. The first-order valence-corrected chi connectivity index (χ1v) is 7.60. The van der Waals surface area contributed by atoms with E-state index in [-0.39, 0.29) is 17.6 Å². The van der Waals surface area contributed by atoms with Gasteiger partial charge < -0.3 is 15.1 Å². The van der Waals surface area contributed by atoms with Crippen molar-refractivity contribution < 1.29 is 14.0 Å². The number of carbonyl (C=O) groups is 2. The van der Waals surface area contributed by atoms with Crippen LogP contribution in [0.2, 0.25) is 0 Å². The van der Waals surface area contributed by atoms with Crippen molar-refractivity contribution in [2.24, 2.45) is 0 Å². The van der Waals surface area contributed by atoms with Crippen LogP contribution in [0.15, 0.2) is 47.1 Å². The molecule has 0 aliphatic heterocycles. The standard InChI is InChI=1S/C15H15IN2O3/c16-11-4-1-5-12(10-11)18-14(19)7-2-8-17-15(20)13-6-3-9-21-13/h1,3-6,9-10H,2,7-8H2,(H,17,20)(H,18,19). The molecule has 6 heteroatoms. The van der Waals surface area contributed by atoms with Crippen LogP contribution in [0.3, 0.4) is 0 Å². The molecule has 0 spiro atoms. The summed E-state index contributed by atoms with van der Waals surface area (Å²) in [6.45, 7) is 0.430. The Morgan fingerprint density at radius 3 is 2.76 bits per heavy atom. The van der Waals surface area contributed by atoms with Crippen molar-refractivity contribution in [2.45, 2.75) is 12.8 Å². The van der Waals surface area contributed by atoms with Gasteiger partial charge in [-0.25, -0.2) is 0 Å². The van der Waals surface area contributed by atoms with Gasteiger partial charge in [-0.05, 0) is 59.3 Å². The zero-order chi connectivity index (χ0) is 15.1. The number of nitrogens with one attached hydrogen (secondary N) is 2. The van der Waals surface area contributed by atoms with E-state index in [2.05, 4.69) is 33.2 Å². The Labute approximate surface area is 136 Å². The number of hydrogen-bond donors (Lipinski definition) is 2. The van der Waals surface area contributed by atoms with Gasteiger partial charge in [0.05, 0.1) is 6.26 Å². The van der Waals surface area contributed by atoms with Crippen molar-refractivity contribution in [1.82, 2.24) is 5.32 Å². The van der Waals surface area contributed by atoms with Crippen LogP contribution in [0.1, 0.15) is 23.4 Å². The maximum Gasteiger partial charge on any atom is 0.286 e. The van der Waals surface area contributed by atoms with Crippen molar-refractivity contribution in [3.63, 3.8) is 0 Å². The van der Waals surface area contributed by atoms with Crippen LogP contribution in [0, 0.1) is 3.57 Å². The van der Waals surface area contributed by atoms with E-state index in [0.29, 0.717) is 19.4 Å². The molecule has 1 aromatic carbocycles. The maximum atomic E-state index is 11.8. The third-order valence-electron chi connectivity index (χ3n) is 2.72. The second-order valence-corrected chi connectivity index (χ2v) is 5.64. The quantitative estimate of drug-likeness (QED) is 0.581. The molecule has 1 heterocycles. The van der Waals surface area contributed by atoms with Gasteiger partial charge >= 0.3 is 0 Å². The van der Waals surface area contributed by atoms with Gasteiger partial charge in [0.25, 0.3) is 5.91 Å². The Morgan fingerprint density at radius 1 is 1.19 bits per heavy atom. The summed E-state index contributed by atoms with van der Waals surface area (Å²) in [6.07, 6.45) is 2.37. The van der Waals surface area contributed by atoms with Crippen LogP contribution in [0.25, 0.3) is 0 Å². The lowest BCUT2D eigenvalue weighted by Crippen LogP contribution is -2.25. The minimum absolute atomic E-state index is 0.0655. The molecule has 0 saturated carbocycles. The summed E-state index contributed by atoms with van der Waals surface area (Å²) in [5.74, 6) is -0.0550. The molecular weight excluding hydrogens is 383 g/mol.